The highest BCUT2D eigenvalue weighted by Crippen LogP contribution is 1.90. The van der Waals surface area contributed by atoms with Gasteiger partial charge in [-0.25, -0.2) is 0 Å². The summed E-state index contributed by atoms with van der Waals surface area (Å²) in [5, 5.41) is 3.13. The second-order valence-corrected chi connectivity index (χ2v) is 2.42. The van der Waals surface area contributed by atoms with Crippen molar-refractivity contribution in [2.75, 3.05) is 6.54 Å². The SMILES string of the molecule is C=CC(N)NCCCCC. The highest BCUT2D eigenvalue weighted by molar-refractivity contribution is 4.79. The minimum Gasteiger partial charge on any atom is -0.313 e. The summed E-state index contributed by atoms with van der Waals surface area (Å²) in [6.45, 7) is 6.76. The zero-order chi connectivity index (χ0) is 7.82. The molecule has 0 aromatic rings. The molecular weight excluding hydrogens is 124 g/mol. The fraction of sp³-hybridized carbons (Fsp3) is 0.750. The van der Waals surface area contributed by atoms with Gasteiger partial charge in [-0.1, -0.05) is 25.8 Å². The van der Waals surface area contributed by atoms with Crippen LogP contribution in [0.2, 0.25) is 0 Å². The minimum absolute atomic E-state index is 0.0307. The maximum Gasteiger partial charge on any atom is 0.0736 e. The fourth-order valence-corrected chi connectivity index (χ4v) is 0.727. The lowest BCUT2D eigenvalue weighted by Crippen LogP contribution is -2.35. The van der Waals surface area contributed by atoms with E-state index in [-0.39, 0.29) is 6.17 Å². The molecule has 0 fully saturated rings. The van der Waals surface area contributed by atoms with E-state index >= 15 is 0 Å². The lowest BCUT2D eigenvalue weighted by atomic mass is 10.2. The summed E-state index contributed by atoms with van der Waals surface area (Å²) in [5.41, 5.74) is 5.53. The molecule has 0 rings (SSSR count). The number of hydrogen-bond donors (Lipinski definition) is 2. The smallest absolute Gasteiger partial charge is 0.0736 e. The molecule has 0 radical (unpaired) electrons. The van der Waals surface area contributed by atoms with Crippen molar-refractivity contribution in [1.29, 1.82) is 0 Å². The predicted octanol–water partition coefficient (Wildman–Crippen LogP) is 1.24. The standard InChI is InChI=1S/C8H18N2/c1-3-5-6-7-10-8(9)4-2/h4,8,10H,2-3,5-7,9H2,1H3. The normalized spacial score (nSPS) is 13.0. The van der Waals surface area contributed by atoms with E-state index in [0.717, 1.165) is 6.54 Å². The molecule has 60 valence electrons. The molecule has 3 N–H and O–H groups in total. The second-order valence-electron chi connectivity index (χ2n) is 2.42. The van der Waals surface area contributed by atoms with Crippen LogP contribution in [0.15, 0.2) is 12.7 Å². The van der Waals surface area contributed by atoms with Gasteiger partial charge in [0.2, 0.25) is 0 Å². The number of rotatable bonds is 6. The molecule has 0 amide bonds. The fourth-order valence-electron chi connectivity index (χ4n) is 0.727. The topological polar surface area (TPSA) is 38.0 Å². The van der Waals surface area contributed by atoms with E-state index < -0.39 is 0 Å². The van der Waals surface area contributed by atoms with Crippen molar-refractivity contribution in [3.05, 3.63) is 12.7 Å². The number of unbranched alkanes of at least 4 members (excludes halogenated alkanes) is 2. The Kier molecular flexibility index (Phi) is 6.55. The lowest BCUT2D eigenvalue weighted by Gasteiger charge is -2.07. The van der Waals surface area contributed by atoms with Crippen molar-refractivity contribution >= 4 is 0 Å². The van der Waals surface area contributed by atoms with Crippen LogP contribution in [0, 0.1) is 0 Å². The maximum atomic E-state index is 5.53. The third kappa shape index (κ3) is 5.79. The van der Waals surface area contributed by atoms with Crippen molar-refractivity contribution in [1.82, 2.24) is 5.32 Å². The average molecular weight is 142 g/mol. The molecule has 0 saturated heterocycles. The first-order valence-corrected chi connectivity index (χ1v) is 3.92. The van der Waals surface area contributed by atoms with Gasteiger partial charge >= 0.3 is 0 Å². The molecule has 0 aliphatic rings. The van der Waals surface area contributed by atoms with E-state index in [0.29, 0.717) is 0 Å². The Hall–Kier alpha value is -0.340. The van der Waals surface area contributed by atoms with Crippen LogP contribution >= 0.6 is 0 Å². The molecule has 0 aliphatic heterocycles. The third-order valence-electron chi connectivity index (χ3n) is 1.41. The minimum atomic E-state index is -0.0307. The summed E-state index contributed by atoms with van der Waals surface area (Å²) in [5.74, 6) is 0. The Bertz CT molecular complexity index is 81.3. The lowest BCUT2D eigenvalue weighted by molar-refractivity contribution is 0.571. The zero-order valence-electron chi connectivity index (χ0n) is 6.77. The first kappa shape index (κ1) is 9.66. The van der Waals surface area contributed by atoms with E-state index in [1.54, 1.807) is 6.08 Å². The molecule has 1 atom stereocenters. The van der Waals surface area contributed by atoms with Crippen LogP contribution in [0.5, 0.6) is 0 Å². The van der Waals surface area contributed by atoms with E-state index in [4.69, 9.17) is 5.73 Å². The van der Waals surface area contributed by atoms with Crippen LogP contribution in [0.3, 0.4) is 0 Å². The summed E-state index contributed by atoms with van der Waals surface area (Å²) in [6.07, 6.45) is 5.42. The predicted molar refractivity (Wildman–Crippen MR) is 45.7 cm³/mol. The van der Waals surface area contributed by atoms with Gasteiger partial charge in [0.15, 0.2) is 0 Å². The summed E-state index contributed by atoms with van der Waals surface area (Å²) in [4.78, 5) is 0. The Balaban J connectivity index is 2.95. The van der Waals surface area contributed by atoms with Gasteiger partial charge in [0.25, 0.3) is 0 Å². The van der Waals surface area contributed by atoms with Gasteiger partial charge in [-0.2, -0.15) is 0 Å². The first-order valence-electron chi connectivity index (χ1n) is 3.92. The average Bonchev–Trinajstić information content (AvgIpc) is 1.98. The zero-order valence-corrected chi connectivity index (χ0v) is 6.77. The maximum absolute atomic E-state index is 5.53. The van der Waals surface area contributed by atoms with Gasteiger partial charge in [-0.15, -0.1) is 6.58 Å². The third-order valence-corrected chi connectivity index (χ3v) is 1.41. The van der Waals surface area contributed by atoms with Crippen molar-refractivity contribution in [3.8, 4) is 0 Å². The van der Waals surface area contributed by atoms with Gasteiger partial charge in [0.1, 0.15) is 0 Å². The Morgan fingerprint density at radius 3 is 2.80 bits per heavy atom. The number of hydrogen-bond acceptors (Lipinski definition) is 2. The summed E-state index contributed by atoms with van der Waals surface area (Å²) >= 11 is 0. The van der Waals surface area contributed by atoms with Gasteiger partial charge in [-0.05, 0) is 13.0 Å². The summed E-state index contributed by atoms with van der Waals surface area (Å²) < 4.78 is 0. The molecule has 0 bridgehead atoms. The monoisotopic (exact) mass is 142 g/mol. The molecule has 0 aromatic heterocycles. The van der Waals surface area contributed by atoms with E-state index in [2.05, 4.69) is 18.8 Å². The number of nitrogens with one attached hydrogen (secondary N) is 1. The van der Waals surface area contributed by atoms with Crippen molar-refractivity contribution in [3.63, 3.8) is 0 Å². The molecular formula is C8H18N2. The molecule has 10 heavy (non-hydrogen) atoms. The van der Waals surface area contributed by atoms with Crippen LogP contribution in [0.25, 0.3) is 0 Å². The Morgan fingerprint density at radius 2 is 2.30 bits per heavy atom. The Labute approximate surface area is 63.5 Å². The second kappa shape index (κ2) is 6.78. The van der Waals surface area contributed by atoms with Crippen LogP contribution in [0.1, 0.15) is 26.2 Å². The van der Waals surface area contributed by atoms with Crippen molar-refractivity contribution < 1.29 is 0 Å². The Morgan fingerprint density at radius 1 is 1.60 bits per heavy atom. The molecule has 0 heterocycles. The molecule has 2 heteroatoms. The quantitative estimate of drug-likeness (QED) is 0.332. The van der Waals surface area contributed by atoms with Crippen LogP contribution in [-0.2, 0) is 0 Å². The van der Waals surface area contributed by atoms with Gasteiger partial charge in [0, 0.05) is 0 Å². The van der Waals surface area contributed by atoms with E-state index in [1.165, 1.54) is 19.3 Å². The first-order chi connectivity index (χ1) is 4.81. The largest absolute Gasteiger partial charge is 0.313 e. The molecule has 0 aliphatic carbocycles. The van der Waals surface area contributed by atoms with Crippen molar-refractivity contribution in [2.24, 2.45) is 5.73 Å². The van der Waals surface area contributed by atoms with Crippen LogP contribution < -0.4 is 11.1 Å². The van der Waals surface area contributed by atoms with E-state index in [9.17, 15) is 0 Å². The van der Waals surface area contributed by atoms with Gasteiger partial charge < -0.3 is 5.73 Å². The molecule has 0 aromatic carbocycles. The molecule has 1 unspecified atom stereocenters. The summed E-state index contributed by atoms with van der Waals surface area (Å²) in [6, 6.07) is 0. The van der Waals surface area contributed by atoms with Gasteiger partial charge in [-0.3, -0.25) is 5.32 Å². The number of nitrogens with two attached hydrogens (primary N) is 1. The molecule has 0 saturated carbocycles. The summed E-state index contributed by atoms with van der Waals surface area (Å²) in [7, 11) is 0. The van der Waals surface area contributed by atoms with E-state index in [1.807, 2.05) is 0 Å². The highest BCUT2D eigenvalue weighted by atomic mass is 15.0. The highest BCUT2D eigenvalue weighted by Gasteiger charge is 1.91. The molecule has 2 nitrogen and oxygen atoms in total. The van der Waals surface area contributed by atoms with Crippen molar-refractivity contribution in [2.45, 2.75) is 32.4 Å². The van der Waals surface area contributed by atoms with Crippen LogP contribution in [0.4, 0.5) is 0 Å². The molecule has 0 spiro atoms. The van der Waals surface area contributed by atoms with Gasteiger partial charge in [0.05, 0.1) is 6.17 Å². The van der Waals surface area contributed by atoms with Crippen LogP contribution in [-0.4, -0.2) is 12.7 Å².